The van der Waals surface area contributed by atoms with Crippen molar-refractivity contribution in [2.45, 2.75) is 6.18 Å². The second-order valence-corrected chi connectivity index (χ2v) is 4.36. The predicted octanol–water partition coefficient (Wildman–Crippen LogP) is 0.410. The third-order valence-corrected chi connectivity index (χ3v) is 3.12. The monoisotopic (exact) mass is 237 g/mol. The molecule has 2 heterocycles. The third kappa shape index (κ3) is 2.58. The summed E-state index contributed by atoms with van der Waals surface area (Å²) in [6.45, 7) is 1.57. The maximum absolute atomic E-state index is 11.9. The molecular formula is C9H14F3N3O. The summed E-state index contributed by atoms with van der Waals surface area (Å²) in [6, 6.07) is -0.605. The quantitative estimate of drug-likeness (QED) is 0.693. The number of halogens is 3. The van der Waals surface area contributed by atoms with Crippen LogP contribution >= 0.6 is 0 Å². The first-order valence-corrected chi connectivity index (χ1v) is 5.26. The number of nitrogens with zero attached hydrogens (tertiary/aromatic N) is 1. The van der Waals surface area contributed by atoms with Crippen molar-refractivity contribution in [3.8, 4) is 0 Å². The van der Waals surface area contributed by atoms with E-state index in [0.717, 1.165) is 13.1 Å². The van der Waals surface area contributed by atoms with Gasteiger partial charge in [0.05, 0.1) is 0 Å². The van der Waals surface area contributed by atoms with Gasteiger partial charge >= 0.3 is 12.2 Å². The number of hydrogen-bond acceptors (Lipinski definition) is 2. The van der Waals surface area contributed by atoms with Crippen molar-refractivity contribution in [3.05, 3.63) is 0 Å². The van der Waals surface area contributed by atoms with Gasteiger partial charge in [-0.1, -0.05) is 0 Å². The van der Waals surface area contributed by atoms with E-state index in [0.29, 0.717) is 24.9 Å². The summed E-state index contributed by atoms with van der Waals surface area (Å²) in [5.74, 6) is 0.799. The molecule has 2 N–H and O–H groups in total. The van der Waals surface area contributed by atoms with Crippen LogP contribution in [0, 0.1) is 11.8 Å². The number of rotatable bonds is 1. The molecular weight excluding hydrogens is 223 g/mol. The summed E-state index contributed by atoms with van der Waals surface area (Å²) < 4.78 is 35.7. The van der Waals surface area contributed by atoms with Crippen LogP contribution < -0.4 is 10.6 Å². The van der Waals surface area contributed by atoms with Gasteiger partial charge < -0.3 is 15.5 Å². The van der Waals surface area contributed by atoms with Crippen LogP contribution in [-0.4, -0.2) is 49.8 Å². The maximum atomic E-state index is 11.9. The number of likely N-dealkylation sites (tertiary alicyclic amines) is 1. The standard InChI is InChI=1S/C9H14F3N3O/c10-9(11,12)5-14-8(16)15-3-6-1-13-2-7(6)4-15/h6-7,13H,1-5H2,(H,14,16). The zero-order chi connectivity index (χ0) is 11.8. The Morgan fingerprint density at radius 1 is 1.31 bits per heavy atom. The topological polar surface area (TPSA) is 44.4 Å². The van der Waals surface area contributed by atoms with Gasteiger partial charge in [-0.3, -0.25) is 0 Å². The molecule has 0 aromatic carbocycles. The van der Waals surface area contributed by atoms with Crippen LogP contribution in [0.15, 0.2) is 0 Å². The van der Waals surface area contributed by atoms with Gasteiger partial charge in [-0.25, -0.2) is 4.79 Å². The molecule has 2 aliphatic rings. The Morgan fingerprint density at radius 2 is 1.88 bits per heavy atom. The van der Waals surface area contributed by atoms with Crippen molar-refractivity contribution in [2.75, 3.05) is 32.7 Å². The van der Waals surface area contributed by atoms with Crippen LogP contribution in [-0.2, 0) is 0 Å². The first-order chi connectivity index (χ1) is 7.46. The smallest absolute Gasteiger partial charge is 0.329 e. The molecule has 0 spiro atoms. The number of alkyl halides is 3. The summed E-state index contributed by atoms with van der Waals surface area (Å²) in [6.07, 6.45) is -4.34. The lowest BCUT2D eigenvalue weighted by Gasteiger charge is -2.18. The van der Waals surface area contributed by atoms with Crippen LogP contribution in [0.5, 0.6) is 0 Å². The molecule has 0 radical (unpaired) electrons. The number of hydrogen-bond donors (Lipinski definition) is 2. The Kier molecular flexibility index (Phi) is 2.96. The number of urea groups is 1. The molecule has 2 saturated heterocycles. The van der Waals surface area contributed by atoms with Crippen LogP contribution in [0.4, 0.5) is 18.0 Å². The highest BCUT2D eigenvalue weighted by atomic mass is 19.4. The molecule has 7 heteroatoms. The number of carbonyl (C=O) groups excluding carboxylic acids is 1. The molecule has 0 bridgehead atoms. The summed E-state index contributed by atoms with van der Waals surface area (Å²) in [5, 5.41) is 5.10. The number of amides is 2. The van der Waals surface area contributed by atoms with E-state index < -0.39 is 18.8 Å². The highest BCUT2D eigenvalue weighted by molar-refractivity contribution is 5.74. The molecule has 0 aliphatic carbocycles. The van der Waals surface area contributed by atoms with Crippen molar-refractivity contribution >= 4 is 6.03 Å². The van der Waals surface area contributed by atoms with Gasteiger partial charge in [-0.15, -0.1) is 0 Å². The molecule has 0 aromatic heterocycles. The molecule has 2 aliphatic heterocycles. The van der Waals surface area contributed by atoms with Crippen LogP contribution in [0.25, 0.3) is 0 Å². The molecule has 2 rings (SSSR count). The van der Waals surface area contributed by atoms with Crippen molar-refractivity contribution in [1.82, 2.24) is 15.5 Å². The summed E-state index contributed by atoms with van der Waals surface area (Å²) in [5.41, 5.74) is 0. The second kappa shape index (κ2) is 4.12. The minimum Gasteiger partial charge on any atom is -0.329 e. The molecule has 2 unspecified atom stereocenters. The third-order valence-electron chi connectivity index (χ3n) is 3.12. The zero-order valence-corrected chi connectivity index (χ0v) is 8.68. The Labute approximate surface area is 91.2 Å². The van der Waals surface area contributed by atoms with Gasteiger partial charge in [0.1, 0.15) is 6.54 Å². The maximum Gasteiger partial charge on any atom is 0.405 e. The Balaban J connectivity index is 1.79. The summed E-state index contributed by atoms with van der Waals surface area (Å²) >= 11 is 0. The fourth-order valence-electron chi connectivity index (χ4n) is 2.31. The first kappa shape index (κ1) is 11.5. The number of nitrogens with one attached hydrogen (secondary N) is 2. The molecule has 2 atom stereocenters. The average Bonchev–Trinajstić information content (AvgIpc) is 2.71. The van der Waals surface area contributed by atoms with E-state index in [1.165, 1.54) is 4.90 Å². The molecule has 2 amide bonds. The Hall–Kier alpha value is -0.980. The average molecular weight is 237 g/mol. The van der Waals surface area contributed by atoms with E-state index in [9.17, 15) is 18.0 Å². The van der Waals surface area contributed by atoms with Crippen molar-refractivity contribution < 1.29 is 18.0 Å². The van der Waals surface area contributed by atoms with Crippen LogP contribution in [0.2, 0.25) is 0 Å². The second-order valence-electron chi connectivity index (χ2n) is 4.36. The Bertz CT molecular complexity index is 270. The summed E-state index contributed by atoms with van der Waals surface area (Å²) in [7, 11) is 0. The highest BCUT2D eigenvalue weighted by Gasteiger charge is 2.38. The lowest BCUT2D eigenvalue weighted by Crippen LogP contribution is -2.43. The van der Waals surface area contributed by atoms with Crippen molar-refractivity contribution in [2.24, 2.45) is 11.8 Å². The van der Waals surface area contributed by atoms with Crippen LogP contribution in [0.3, 0.4) is 0 Å². The predicted molar refractivity (Wildman–Crippen MR) is 50.9 cm³/mol. The normalized spacial score (nSPS) is 29.3. The van der Waals surface area contributed by atoms with Crippen molar-refractivity contribution in [1.29, 1.82) is 0 Å². The fourth-order valence-corrected chi connectivity index (χ4v) is 2.31. The Morgan fingerprint density at radius 3 is 2.38 bits per heavy atom. The zero-order valence-electron chi connectivity index (χ0n) is 8.68. The molecule has 2 fully saturated rings. The van der Waals surface area contributed by atoms with Gasteiger partial charge in [0.25, 0.3) is 0 Å². The highest BCUT2D eigenvalue weighted by Crippen LogP contribution is 2.26. The van der Waals surface area contributed by atoms with E-state index in [-0.39, 0.29) is 0 Å². The summed E-state index contributed by atoms with van der Waals surface area (Å²) in [4.78, 5) is 12.9. The van der Waals surface area contributed by atoms with Gasteiger partial charge in [0, 0.05) is 26.2 Å². The van der Waals surface area contributed by atoms with E-state index in [1.54, 1.807) is 0 Å². The van der Waals surface area contributed by atoms with Gasteiger partial charge in [-0.05, 0) is 11.8 Å². The molecule has 92 valence electrons. The SMILES string of the molecule is O=C(NCC(F)(F)F)N1CC2CNCC2C1. The molecule has 16 heavy (non-hydrogen) atoms. The fraction of sp³-hybridized carbons (Fsp3) is 0.889. The molecule has 4 nitrogen and oxygen atoms in total. The minimum absolute atomic E-state index is 0.400. The van der Waals surface area contributed by atoms with Gasteiger partial charge in [0.15, 0.2) is 0 Å². The van der Waals surface area contributed by atoms with E-state index >= 15 is 0 Å². The lowest BCUT2D eigenvalue weighted by molar-refractivity contribution is -0.123. The van der Waals surface area contributed by atoms with Crippen molar-refractivity contribution in [3.63, 3.8) is 0 Å². The molecule has 0 aromatic rings. The van der Waals surface area contributed by atoms with Gasteiger partial charge in [0.2, 0.25) is 0 Å². The minimum atomic E-state index is -4.34. The molecule has 0 saturated carbocycles. The van der Waals surface area contributed by atoms with E-state index in [4.69, 9.17) is 0 Å². The number of carbonyl (C=O) groups is 1. The lowest BCUT2D eigenvalue weighted by atomic mass is 10.0. The largest absolute Gasteiger partial charge is 0.405 e. The van der Waals surface area contributed by atoms with Gasteiger partial charge in [-0.2, -0.15) is 13.2 Å². The first-order valence-electron chi connectivity index (χ1n) is 5.26. The number of fused-ring (bicyclic) bond motifs is 1. The van der Waals surface area contributed by atoms with E-state index in [1.807, 2.05) is 5.32 Å². The van der Waals surface area contributed by atoms with Crippen LogP contribution in [0.1, 0.15) is 0 Å². The van der Waals surface area contributed by atoms with E-state index in [2.05, 4.69) is 5.32 Å².